The molecule has 0 bridgehead atoms. The smallest absolute Gasteiger partial charge is 0.124 e. The molecule has 7 rings (SSSR count). The van der Waals surface area contributed by atoms with E-state index in [0.717, 1.165) is 60.6 Å². The van der Waals surface area contributed by atoms with Gasteiger partial charge in [-0.2, -0.15) is 11.3 Å². The first kappa shape index (κ1) is 32.9. The van der Waals surface area contributed by atoms with Gasteiger partial charge in [-0.15, -0.1) is 59.7 Å². The number of pyridine rings is 2. The molecule has 6 aromatic rings. The Bertz CT molecular complexity index is 1970. The van der Waals surface area contributed by atoms with Gasteiger partial charge in [-0.05, 0) is 63.1 Å². The summed E-state index contributed by atoms with van der Waals surface area (Å²) in [4.78, 5) is 9.19. The quantitative estimate of drug-likeness (QED) is 0.124. The number of halogens is 1. The molecule has 3 aromatic heterocycles. The van der Waals surface area contributed by atoms with E-state index in [1.54, 1.807) is 17.4 Å². The van der Waals surface area contributed by atoms with Crippen LogP contribution >= 0.6 is 11.3 Å². The van der Waals surface area contributed by atoms with E-state index < -0.39 is 14.0 Å². The van der Waals surface area contributed by atoms with Crippen molar-refractivity contribution in [2.45, 2.75) is 71.5 Å². The molecule has 1 fully saturated rings. The number of rotatable bonds is 6. The van der Waals surface area contributed by atoms with Gasteiger partial charge < -0.3 is 9.97 Å². The van der Waals surface area contributed by atoms with Crippen LogP contribution in [0.2, 0.25) is 19.6 Å². The number of aromatic nitrogens is 2. The number of benzene rings is 3. The maximum absolute atomic E-state index is 13.5. The molecule has 3 aromatic carbocycles. The van der Waals surface area contributed by atoms with E-state index in [2.05, 4.69) is 66.0 Å². The van der Waals surface area contributed by atoms with Crippen molar-refractivity contribution >= 4 is 44.8 Å². The van der Waals surface area contributed by atoms with Crippen molar-refractivity contribution in [1.29, 1.82) is 0 Å². The maximum atomic E-state index is 13.5. The summed E-state index contributed by atoms with van der Waals surface area (Å²) in [6.45, 7) is 10.8. The normalized spacial score (nSPS) is 14.1. The van der Waals surface area contributed by atoms with Gasteiger partial charge in [0.25, 0.3) is 0 Å². The SMILES string of the molecule is Fc1ccc2c(c1)sc1c[c-]c(-c3cc(CC4CCCC4)ccn3)cc12.[2H]C(C)(C)c1cc(-c2[c-]cccc2)ncc1[Si](C)(C)C.[Ir]. The average molecular weight is 822 g/mol. The van der Waals surface area contributed by atoms with Gasteiger partial charge in [-0.1, -0.05) is 93.9 Å². The standard InChI is InChI=1S/C23H19FNS.C17H22NSi.Ir/c24-18-6-7-19-20-13-17(5-8-22(20)26-23(19)14-18)21-12-16(9-10-25-21)11-15-3-1-2-4-15;1-13(2)15-11-16(14-9-7-6-8-10-14)18-12-17(15)19(3,4)5;/h6-10,12-15H,1-4,11H2;6-9,11-13H,1-5H3;/q2*-1;/i;13D;. The third kappa shape index (κ3) is 7.91. The van der Waals surface area contributed by atoms with E-state index in [4.69, 9.17) is 1.37 Å². The van der Waals surface area contributed by atoms with Crippen LogP contribution in [0.25, 0.3) is 42.7 Å². The Labute approximate surface area is 293 Å². The molecule has 0 aliphatic heterocycles. The van der Waals surface area contributed by atoms with Crippen LogP contribution < -0.4 is 5.19 Å². The Kier molecular flexibility index (Phi) is 10.6. The molecule has 0 atom stereocenters. The van der Waals surface area contributed by atoms with Crippen LogP contribution in [0, 0.1) is 23.9 Å². The fourth-order valence-corrected chi connectivity index (χ4v) is 8.98. The summed E-state index contributed by atoms with van der Waals surface area (Å²) in [5.74, 6) is 0.0317. The molecule has 6 heteroatoms. The summed E-state index contributed by atoms with van der Waals surface area (Å²) >= 11 is 1.61. The van der Waals surface area contributed by atoms with Crippen molar-refractivity contribution in [1.82, 2.24) is 9.97 Å². The van der Waals surface area contributed by atoms with Crippen molar-refractivity contribution in [3.8, 4) is 22.5 Å². The van der Waals surface area contributed by atoms with Crippen molar-refractivity contribution in [3.63, 3.8) is 0 Å². The van der Waals surface area contributed by atoms with Crippen LogP contribution in [0.1, 0.15) is 57.9 Å². The van der Waals surface area contributed by atoms with Crippen LogP contribution in [0.5, 0.6) is 0 Å². The topological polar surface area (TPSA) is 25.8 Å². The van der Waals surface area contributed by atoms with Crippen LogP contribution in [0.15, 0.2) is 85.2 Å². The molecule has 0 N–H and O–H groups in total. The second kappa shape index (κ2) is 14.8. The third-order valence-corrected chi connectivity index (χ3v) is 11.8. The Morgan fingerprint density at radius 1 is 0.913 bits per heavy atom. The van der Waals surface area contributed by atoms with Crippen LogP contribution in [0.4, 0.5) is 4.39 Å². The largest absolute Gasteiger partial charge is 0.305 e. The summed E-state index contributed by atoms with van der Waals surface area (Å²) in [5, 5.41) is 3.53. The molecule has 1 radical (unpaired) electrons. The Morgan fingerprint density at radius 3 is 2.41 bits per heavy atom. The van der Waals surface area contributed by atoms with E-state index >= 15 is 0 Å². The predicted octanol–water partition coefficient (Wildman–Crippen LogP) is 11.0. The summed E-state index contributed by atoms with van der Waals surface area (Å²) in [6, 6.07) is 30.0. The molecule has 0 amide bonds. The molecule has 1 saturated carbocycles. The van der Waals surface area contributed by atoms with Gasteiger partial charge in [0.1, 0.15) is 5.82 Å². The van der Waals surface area contributed by atoms with Crippen molar-refractivity contribution < 1.29 is 25.9 Å². The molecule has 1 aliphatic carbocycles. The number of hydrogen-bond donors (Lipinski definition) is 0. The molecular weight excluding hydrogens is 780 g/mol. The molecule has 46 heavy (non-hydrogen) atoms. The number of fused-ring (bicyclic) bond motifs is 3. The summed E-state index contributed by atoms with van der Waals surface area (Å²) < 4.78 is 24.1. The van der Waals surface area contributed by atoms with Crippen molar-refractivity contribution in [2.24, 2.45) is 5.92 Å². The van der Waals surface area contributed by atoms with Crippen LogP contribution in [-0.4, -0.2) is 18.0 Å². The molecule has 1 aliphatic rings. The van der Waals surface area contributed by atoms with Gasteiger partial charge in [-0.3, -0.25) is 0 Å². The van der Waals surface area contributed by atoms with Crippen LogP contribution in [-0.2, 0) is 26.5 Å². The van der Waals surface area contributed by atoms with E-state index in [1.807, 2.05) is 62.6 Å². The molecule has 0 unspecified atom stereocenters. The Morgan fingerprint density at radius 2 is 1.70 bits per heavy atom. The number of nitrogens with zero attached hydrogens (tertiary/aromatic N) is 2. The first-order valence-corrected chi connectivity index (χ1v) is 20.2. The van der Waals surface area contributed by atoms with Gasteiger partial charge in [-0.25, -0.2) is 4.39 Å². The molecule has 0 saturated heterocycles. The Hall–Kier alpha value is -3.02. The average Bonchev–Trinajstić information content (AvgIpc) is 3.67. The molecular formula is C40H41FIrN2SSi-2. The fourth-order valence-electron chi connectivity index (χ4n) is 6.31. The monoisotopic (exact) mass is 822 g/mol. The van der Waals surface area contributed by atoms with Crippen molar-refractivity contribution in [2.75, 3.05) is 0 Å². The van der Waals surface area contributed by atoms with Gasteiger partial charge in [0.2, 0.25) is 0 Å². The third-order valence-electron chi connectivity index (χ3n) is 8.70. The minimum absolute atomic E-state index is 0. The van der Waals surface area contributed by atoms with Crippen molar-refractivity contribution in [3.05, 3.63) is 114 Å². The summed E-state index contributed by atoms with van der Waals surface area (Å²) in [6.07, 6.45) is 10.5. The Balaban J connectivity index is 0.000000188. The fraction of sp³-hybridized carbons (Fsp3) is 0.300. The number of hydrogen-bond acceptors (Lipinski definition) is 3. The van der Waals surface area contributed by atoms with Gasteiger partial charge >= 0.3 is 0 Å². The summed E-state index contributed by atoms with van der Waals surface area (Å²) in [7, 11) is -1.50. The minimum atomic E-state index is -1.50. The maximum Gasteiger partial charge on any atom is 0.124 e. The van der Waals surface area contributed by atoms with Crippen LogP contribution in [0.3, 0.4) is 0 Å². The van der Waals surface area contributed by atoms with E-state index in [-0.39, 0.29) is 25.9 Å². The zero-order valence-corrected chi connectivity index (χ0v) is 31.4. The van der Waals surface area contributed by atoms with E-state index in [0.29, 0.717) is 0 Å². The zero-order chi connectivity index (χ0) is 32.5. The predicted molar refractivity (Wildman–Crippen MR) is 193 cm³/mol. The van der Waals surface area contributed by atoms with Gasteiger partial charge in [0.05, 0.1) is 8.07 Å². The molecule has 239 valence electrons. The van der Waals surface area contributed by atoms with E-state index in [1.165, 1.54) is 42.5 Å². The molecule has 3 heterocycles. The zero-order valence-electron chi connectivity index (χ0n) is 28.2. The van der Waals surface area contributed by atoms with Gasteiger partial charge in [0.15, 0.2) is 0 Å². The minimum Gasteiger partial charge on any atom is -0.305 e. The first-order chi connectivity index (χ1) is 22.0. The van der Waals surface area contributed by atoms with Gasteiger partial charge in [0, 0.05) is 38.6 Å². The molecule has 0 spiro atoms. The molecule has 2 nitrogen and oxygen atoms in total. The van der Waals surface area contributed by atoms with E-state index in [9.17, 15) is 4.39 Å². The second-order valence-corrected chi connectivity index (χ2v) is 19.5. The first-order valence-electron chi connectivity index (χ1n) is 16.4. The second-order valence-electron chi connectivity index (χ2n) is 13.4. The summed E-state index contributed by atoms with van der Waals surface area (Å²) in [5.41, 5.74) is 6.34. The number of thiophene rings is 1.